The zero-order valence-electron chi connectivity index (χ0n) is 1.97. The van der Waals surface area contributed by atoms with E-state index in [0.29, 0.717) is 0 Å². The Balaban J connectivity index is 1.97. The van der Waals surface area contributed by atoms with E-state index in [1.165, 1.54) is 0 Å². The van der Waals surface area contributed by atoms with Crippen LogP contribution in [0.15, 0.2) is 0 Å². The zero-order valence-corrected chi connectivity index (χ0v) is 1.97. The van der Waals surface area contributed by atoms with E-state index in [0.717, 1.165) is 0 Å². The van der Waals surface area contributed by atoms with Gasteiger partial charge in [0.05, 0.1) is 0 Å². The van der Waals surface area contributed by atoms with E-state index < -0.39 is 0 Å². The minimum atomic E-state index is 3.32. The Morgan fingerprint density at radius 1 is 1.75 bits per heavy atom. The molecule has 0 aliphatic rings. The molecule has 3 nitrogen and oxygen atoms in total. The molecule has 2 N–H and O–H groups in total. The topological polar surface area (TPSA) is 44.5 Å². The van der Waals surface area contributed by atoms with Crippen molar-refractivity contribution in [2.45, 2.75) is 0 Å². The summed E-state index contributed by atoms with van der Waals surface area (Å²) >= 11 is 0. The molecule has 0 fully saturated rings. The second-order valence-corrected chi connectivity index (χ2v) is 0.192. The van der Waals surface area contributed by atoms with Crippen LogP contribution < -0.4 is 5.90 Å². The molecule has 0 saturated carbocycles. The largest absolute Gasteiger partial charge is 0.341 e. The first-order valence-corrected chi connectivity index (χ1v) is 0.638. The maximum absolute atomic E-state index is 4.18. The molecule has 0 unspecified atom stereocenters. The first-order chi connectivity index (χ1) is 1.91. The Kier molecular flexibility index (Phi) is 2.90. The van der Waals surface area contributed by atoms with Gasteiger partial charge in [-0.15, -0.1) is 0 Å². The summed E-state index contributed by atoms with van der Waals surface area (Å²) in [7, 11) is 4.18. The molecule has 0 bridgehead atoms. The fourth-order valence-electron chi connectivity index (χ4n) is 0. The molecule has 0 aromatic rings. The van der Waals surface area contributed by atoms with Crippen LogP contribution in [0.3, 0.4) is 0 Å². The molecule has 0 aliphatic heterocycles. The third kappa shape index (κ3) is 1.94. The highest BCUT2D eigenvalue weighted by atomic mass is 17.2. The van der Waals surface area contributed by atoms with Crippen LogP contribution in [-0.2, 0) is 9.79 Å². The molecular weight excluding hydrogens is 56.8 g/mol. The van der Waals surface area contributed by atoms with Crippen molar-refractivity contribution in [2.24, 2.45) is 5.90 Å². The normalized spacial score (nSPS) is 7.25. The lowest BCUT2D eigenvalue weighted by molar-refractivity contribution is -0.208. The molecule has 0 aliphatic carbocycles. The van der Waals surface area contributed by atoms with Gasteiger partial charge in [-0.1, -0.05) is 0 Å². The van der Waals surface area contributed by atoms with Crippen LogP contribution in [0.1, 0.15) is 0 Å². The van der Waals surface area contributed by atoms with Gasteiger partial charge in [0.1, 0.15) is 0 Å². The second kappa shape index (κ2) is 2.94. The molecule has 0 saturated heterocycles. The monoisotopic (exact) mass is 59.0 g/mol. The van der Waals surface area contributed by atoms with Gasteiger partial charge >= 0.3 is 8.05 Å². The second-order valence-electron chi connectivity index (χ2n) is 0.192. The summed E-state index contributed by atoms with van der Waals surface area (Å²) in [5, 5.41) is 0. The highest BCUT2D eigenvalue weighted by molar-refractivity contribution is 5.97. The van der Waals surface area contributed by atoms with Gasteiger partial charge in [0, 0.05) is 0 Å². The highest BCUT2D eigenvalue weighted by Gasteiger charge is 1.50. The minimum Gasteiger partial charge on any atom is -0.300 e. The van der Waals surface area contributed by atoms with Gasteiger partial charge in [-0.3, -0.25) is 0 Å². The third-order valence-corrected chi connectivity index (χ3v) is 0.0556. The van der Waals surface area contributed by atoms with E-state index in [9.17, 15) is 0 Å². The summed E-state index contributed by atoms with van der Waals surface area (Å²) in [4.78, 5) is 6.64. The number of hydrogen-bond donors (Lipinski definition) is 1. The van der Waals surface area contributed by atoms with Crippen LogP contribution in [0.5, 0.6) is 0 Å². The number of rotatable bonds is 1. The summed E-state index contributed by atoms with van der Waals surface area (Å²) in [5.74, 6) is 4.18. The van der Waals surface area contributed by atoms with Crippen molar-refractivity contribution >= 4 is 8.05 Å². The molecule has 22 valence electrons. The molecule has 0 aromatic carbocycles. The predicted molar refractivity (Wildman–Crippen MR) is 12.1 cm³/mol. The fourth-order valence-corrected chi connectivity index (χ4v) is 0. The van der Waals surface area contributed by atoms with Crippen molar-refractivity contribution in [3.8, 4) is 0 Å². The van der Waals surface area contributed by atoms with E-state index >= 15 is 0 Å². The standard InChI is InChI=1S/BH2NO2/c1-3-4-2/h2H2. The SMILES string of the molecule is [B]OON. The van der Waals surface area contributed by atoms with Crippen LogP contribution in [0.4, 0.5) is 0 Å². The zero-order chi connectivity index (χ0) is 3.41. The molecule has 0 amide bonds. The van der Waals surface area contributed by atoms with Crippen LogP contribution in [0, 0.1) is 0 Å². The maximum atomic E-state index is 4.18. The van der Waals surface area contributed by atoms with Gasteiger partial charge in [0.15, 0.2) is 0 Å². The van der Waals surface area contributed by atoms with Gasteiger partial charge < -0.3 is 4.81 Å². The molecular formula is H2BNO2. The first kappa shape index (κ1) is 3.94. The van der Waals surface area contributed by atoms with Gasteiger partial charge in [-0.05, 0) is 0 Å². The Morgan fingerprint density at radius 2 is 2.00 bits per heavy atom. The van der Waals surface area contributed by atoms with Crippen molar-refractivity contribution in [1.29, 1.82) is 0 Å². The molecule has 0 spiro atoms. The lowest BCUT2D eigenvalue weighted by Crippen LogP contribution is -1.95. The lowest BCUT2D eigenvalue weighted by Gasteiger charge is -1.78. The van der Waals surface area contributed by atoms with Crippen molar-refractivity contribution in [2.75, 3.05) is 0 Å². The fraction of sp³-hybridized carbons (Fsp3) is 0. The number of hydrogen-bond acceptors (Lipinski definition) is 3. The van der Waals surface area contributed by atoms with Crippen molar-refractivity contribution in [3.63, 3.8) is 0 Å². The summed E-state index contributed by atoms with van der Waals surface area (Å²) < 4.78 is 0. The third-order valence-electron chi connectivity index (χ3n) is 0.0556. The minimum absolute atomic E-state index is 3.32. The molecule has 0 aromatic heterocycles. The van der Waals surface area contributed by atoms with Crippen LogP contribution in [0.25, 0.3) is 0 Å². The van der Waals surface area contributed by atoms with E-state index in [4.69, 9.17) is 0 Å². The Bertz CT molecular complexity index is 8.00. The smallest absolute Gasteiger partial charge is 0.300 e. The van der Waals surface area contributed by atoms with Crippen molar-refractivity contribution in [1.82, 2.24) is 0 Å². The molecule has 0 atom stereocenters. The maximum Gasteiger partial charge on any atom is 0.341 e. The molecule has 4 heteroatoms. The first-order valence-electron chi connectivity index (χ1n) is 0.638. The van der Waals surface area contributed by atoms with Gasteiger partial charge in [-0.25, -0.2) is 0 Å². The summed E-state index contributed by atoms with van der Waals surface area (Å²) in [5.41, 5.74) is 0. The summed E-state index contributed by atoms with van der Waals surface area (Å²) in [6.45, 7) is 0. The molecule has 4 heavy (non-hydrogen) atoms. The van der Waals surface area contributed by atoms with Gasteiger partial charge in [-0.2, -0.15) is 10.9 Å². The lowest BCUT2D eigenvalue weighted by atomic mass is 10.6. The van der Waals surface area contributed by atoms with Crippen molar-refractivity contribution < 1.29 is 9.79 Å². The van der Waals surface area contributed by atoms with E-state index in [2.05, 4.69) is 23.7 Å². The Hall–Kier alpha value is -0.0551. The number of nitrogens with two attached hydrogens (primary N) is 1. The Morgan fingerprint density at radius 3 is 2.00 bits per heavy atom. The predicted octanol–water partition coefficient (Wildman–Crippen LogP) is -1.11. The van der Waals surface area contributed by atoms with E-state index in [-0.39, 0.29) is 0 Å². The molecule has 0 heterocycles. The average molecular weight is 58.8 g/mol. The quantitative estimate of drug-likeness (QED) is 0.236. The molecule has 2 radical (unpaired) electrons. The average Bonchev–Trinajstić information content (AvgIpc) is 1.37. The summed E-state index contributed by atoms with van der Waals surface area (Å²) in [6.07, 6.45) is 0. The van der Waals surface area contributed by atoms with Gasteiger partial charge in [0.2, 0.25) is 0 Å². The van der Waals surface area contributed by atoms with Crippen molar-refractivity contribution in [3.05, 3.63) is 0 Å². The van der Waals surface area contributed by atoms with E-state index in [1.807, 2.05) is 0 Å². The van der Waals surface area contributed by atoms with Crippen LogP contribution in [-0.4, -0.2) is 8.05 Å². The summed E-state index contributed by atoms with van der Waals surface area (Å²) in [6, 6.07) is 0. The van der Waals surface area contributed by atoms with Crippen LogP contribution >= 0.6 is 0 Å². The van der Waals surface area contributed by atoms with E-state index in [1.54, 1.807) is 0 Å². The van der Waals surface area contributed by atoms with Crippen LogP contribution in [0.2, 0.25) is 0 Å². The highest BCUT2D eigenvalue weighted by Crippen LogP contribution is 1.42. The molecule has 0 rings (SSSR count). The van der Waals surface area contributed by atoms with Gasteiger partial charge in [0.25, 0.3) is 0 Å². The Labute approximate surface area is 25.0 Å².